The third kappa shape index (κ3) is 4.08. The monoisotopic (exact) mass is 272 g/mol. The highest BCUT2D eigenvalue weighted by atomic mass is 32.2. The van der Waals surface area contributed by atoms with E-state index in [-0.39, 0.29) is 10.8 Å². The quantitative estimate of drug-likeness (QED) is 0.848. The lowest BCUT2D eigenvalue weighted by Gasteiger charge is -2.19. The van der Waals surface area contributed by atoms with Crippen LogP contribution in [0.3, 0.4) is 0 Å². The van der Waals surface area contributed by atoms with Gasteiger partial charge in [0.25, 0.3) is 0 Å². The van der Waals surface area contributed by atoms with Crippen molar-refractivity contribution >= 4 is 9.84 Å². The summed E-state index contributed by atoms with van der Waals surface area (Å²) in [7, 11) is -3.22. The van der Waals surface area contributed by atoms with Gasteiger partial charge in [-0.2, -0.15) is 0 Å². The van der Waals surface area contributed by atoms with Crippen molar-refractivity contribution in [1.82, 2.24) is 0 Å². The topological polar surface area (TPSA) is 74.6 Å². The molecule has 0 amide bonds. The first kappa shape index (κ1) is 15.1. The molecule has 1 aromatic rings. The maximum absolute atomic E-state index is 11.4. The van der Waals surface area contributed by atoms with Gasteiger partial charge in [0.2, 0.25) is 0 Å². The molecular formula is C13H20O4S. The molecule has 3 atom stereocenters. The second kappa shape index (κ2) is 5.82. The molecule has 18 heavy (non-hydrogen) atoms. The van der Waals surface area contributed by atoms with Gasteiger partial charge in [0.05, 0.1) is 17.1 Å². The molecule has 5 heteroatoms. The average Bonchev–Trinajstić information content (AvgIpc) is 2.27. The number of aliphatic hydroxyl groups excluding tert-OH is 2. The Morgan fingerprint density at radius 3 is 2.33 bits per heavy atom. The minimum absolute atomic E-state index is 0.0173. The van der Waals surface area contributed by atoms with Gasteiger partial charge < -0.3 is 10.2 Å². The Kier molecular flexibility index (Phi) is 4.90. The van der Waals surface area contributed by atoms with Crippen molar-refractivity contribution in [3.63, 3.8) is 0 Å². The normalized spacial score (nSPS) is 17.2. The van der Waals surface area contributed by atoms with Crippen LogP contribution in [-0.2, 0) is 9.84 Å². The minimum Gasteiger partial charge on any atom is -0.391 e. The number of aliphatic hydroxyl groups is 2. The summed E-state index contributed by atoms with van der Waals surface area (Å²) in [6.07, 6.45) is -0.0285. The summed E-state index contributed by atoms with van der Waals surface area (Å²) in [6.45, 7) is 3.43. The number of hydrogen-bond acceptors (Lipinski definition) is 4. The molecule has 4 nitrogen and oxygen atoms in total. The first-order chi connectivity index (χ1) is 8.21. The van der Waals surface area contributed by atoms with Crippen LogP contribution in [0.4, 0.5) is 0 Å². The first-order valence-corrected chi connectivity index (χ1v) is 7.77. The lowest BCUT2D eigenvalue weighted by molar-refractivity contribution is 0.0227. The van der Waals surface area contributed by atoms with Crippen molar-refractivity contribution in [3.8, 4) is 0 Å². The third-order valence-corrected chi connectivity index (χ3v) is 4.12. The molecule has 0 aliphatic heterocycles. The zero-order chi connectivity index (χ0) is 13.9. The Morgan fingerprint density at radius 1 is 1.22 bits per heavy atom. The van der Waals surface area contributed by atoms with Crippen LogP contribution in [-0.4, -0.2) is 37.1 Å². The van der Waals surface area contributed by atoms with E-state index in [1.807, 2.05) is 13.0 Å². The average molecular weight is 272 g/mol. The summed E-state index contributed by atoms with van der Waals surface area (Å²) >= 11 is 0. The van der Waals surface area contributed by atoms with Crippen LogP contribution < -0.4 is 0 Å². The zero-order valence-corrected chi connectivity index (χ0v) is 11.7. The Bertz CT molecular complexity index is 493. The van der Waals surface area contributed by atoms with E-state index in [2.05, 4.69) is 0 Å². The van der Waals surface area contributed by atoms with Gasteiger partial charge in [-0.15, -0.1) is 0 Å². The number of sulfone groups is 1. The predicted molar refractivity (Wildman–Crippen MR) is 70.3 cm³/mol. The van der Waals surface area contributed by atoms with Gasteiger partial charge in [-0.25, -0.2) is 8.42 Å². The lowest BCUT2D eigenvalue weighted by Crippen LogP contribution is -2.24. The molecule has 2 N–H and O–H groups in total. The highest BCUT2D eigenvalue weighted by molar-refractivity contribution is 7.90. The summed E-state index contributed by atoms with van der Waals surface area (Å²) in [5.41, 5.74) is 0.845. The van der Waals surface area contributed by atoms with Crippen molar-refractivity contribution in [2.45, 2.75) is 43.3 Å². The zero-order valence-electron chi connectivity index (χ0n) is 10.9. The van der Waals surface area contributed by atoms with E-state index in [1.54, 1.807) is 18.2 Å². The molecule has 0 saturated carbocycles. The molecule has 1 aromatic carbocycles. The van der Waals surface area contributed by atoms with Gasteiger partial charge in [0, 0.05) is 6.26 Å². The molecule has 1 rings (SSSR count). The molecule has 3 unspecified atom stereocenters. The molecule has 0 saturated heterocycles. The van der Waals surface area contributed by atoms with Crippen LogP contribution in [0.15, 0.2) is 29.2 Å². The molecule has 0 spiro atoms. The van der Waals surface area contributed by atoms with Crippen LogP contribution >= 0.6 is 0 Å². The van der Waals surface area contributed by atoms with Crippen LogP contribution in [0.25, 0.3) is 0 Å². The fraction of sp³-hybridized carbons (Fsp3) is 0.538. The van der Waals surface area contributed by atoms with E-state index in [1.165, 1.54) is 13.2 Å². The number of rotatable bonds is 5. The fourth-order valence-electron chi connectivity index (χ4n) is 1.75. The Balaban J connectivity index is 2.90. The summed E-state index contributed by atoms with van der Waals surface area (Å²) in [5, 5.41) is 18.9. The highest BCUT2D eigenvalue weighted by Gasteiger charge is 2.17. The van der Waals surface area contributed by atoms with E-state index in [0.717, 1.165) is 5.56 Å². The SMILES string of the molecule is CC(CC(O)C(C)O)c1cccc(S(C)(=O)=O)c1. The van der Waals surface area contributed by atoms with E-state index in [9.17, 15) is 18.6 Å². The van der Waals surface area contributed by atoms with Crippen molar-refractivity contribution in [2.24, 2.45) is 0 Å². The smallest absolute Gasteiger partial charge is 0.175 e. The Labute approximate surface area is 108 Å². The van der Waals surface area contributed by atoms with E-state index in [4.69, 9.17) is 0 Å². The second-order valence-corrected chi connectivity index (χ2v) is 6.81. The molecular weight excluding hydrogens is 252 g/mol. The van der Waals surface area contributed by atoms with Gasteiger partial charge in [-0.05, 0) is 37.0 Å². The summed E-state index contributed by atoms with van der Waals surface area (Å²) in [6, 6.07) is 6.69. The van der Waals surface area contributed by atoms with Gasteiger partial charge in [-0.1, -0.05) is 19.1 Å². The van der Waals surface area contributed by atoms with E-state index >= 15 is 0 Å². The minimum atomic E-state index is -3.22. The maximum Gasteiger partial charge on any atom is 0.175 e. The van der Waals surface area contributed by atoms with Crippen molar-refractivity contribution < 1.29 is 18.6 Å². The molecule has 0 aromatic heterocycles. The summed E-state index contributed by atoms with van der Waals surface area (Å²) < 4.78 is 22.9. The number of benzene rings is 1. The van der Waals surface area contributed by atoms with Crippen molar-refractivity contribution in [1.29, 1.82) is 0 Å². The molecule has 0 aliphatic rings. The van der Waals surface area contributed by atoms with E-state index < -0.39 is 22.0 Å². The molecule has 0 fully saturated rings. The van der Waals surface area contributed by atoms with Crippen LogP contribution in [0.1, 0.15) is 31.7 Å². The van der Waals surface area contributed by atoms with Gasteiger partial charge in [0.1, 0.15) is 0 Å². The first-order valence-electron chi connectivity index (χ1n) is 5.88. The van der Waals surface area contributed by atoms with Crippen LogP contribution in [0.5, 0.6) is 0 Å². The Hall–Kier alpha value is -0.910. The lowest BCUT2D eigenvalue weighted by atomic mass is 9.93. The summed E-state index contributed by atoms with van der Waals surface area (Å²) in [5.74, 6) is -0.0173. The molecule has 0 radical (unpaired) electrons. The molecule has 0 bridgehead atoms. The largest absolute Gasteiger partial charge is 0.391 e. The summed E-state index contributed by atoms with van der Waals surface area (Å²) in [4.78, 5) is 0.276. The number of hydrogen-bond donors (Lipinski definition) is 2. The van der Waals surface area contributed by atoms with Gasteiger partial charge >= 0.3 is 0 Å². The predicted octanol–water partition coefficient (Wildman–Crippen LogP) is 1.33. The molecule has 0 heterocycles. The molecule has 0 aliphatic carbocycles. The third-order valence-electron chi connectivity index (χ3n) is 3.01. The maximum atomic E-state index is 11.4. The van der Waals surface area contributed by atoms with E-state index in [0.29, 0.717) is 6.42 Å². The Morgan fingerprint density at radius 2 is 1.83 bits per heavy atom. The van der Waals surface area contributed by atoms with Crippen LogP contribution in [0.2, 0.25) is 0 Å². The second-order valence-electron chi connectivity index (χ2n) is 4.79. The van der Waals surface area contributed by atoms with Gasteiger partial charge in [0.15, 0.2) is 9.84 Å². The van der Waals surface area contributed by atoms with Crippen molar-refractivity contribution in [3.05, 3.63) is 29.8 Å². The standard InChI is InChI=1S/C13H20O4S/c1-9(7-13(15)10(2)14)11-5-4-6-12(8-11)18(3,16)17/h4-6,8-10,13-15H,7H2,1-3H3. The van der Waals surface area contributed by atoms with Crippen LogP contribution in [0, 0.1) is 0 Å². The fourth-order valence-corrected chi connectivity index (χ4v) is 2.42. The highest BCUT2D eigenvalue weighted by Crippen LogP contribution is 2.24. The van der Waals surface area contributed by atoms with Crippen molar-refractivity contribution in [2.75, 3.05) is 6.26 Å². The van der Waals surface area contributed by atoms with Gasteiger partial charge in [-0.3, -0.25) is 0 Å². The molecule has 102 valence electrons.